The summed E-state index contributed by atoms with van der Waals surface area (Å²) in [6, 6.07) is 5.62. The Hall–Kier alpha value is -1.46. The molecule has 2 atom stereocenters. The summed E-state index contributed by atoms with van der Waals surface area (Å²) in [5, 5.41) is 12.1. The number of ether oxygens (including phenoxy) is 1. The number of hydrogen-bond donors (Lipinski definition) is 2. The third kappa shape index (κ3) is 3.75. The van der Waals surface area contributed by atoms with Crippen molar-refractivity contribution in [3.05, 3.63) is 35.6 Å². The van der Waals surface area contributed by atoms with Crippen molar-refractivity contribution in [2.24, 2.45) is 5.92 Å². The van der Waals surface area contributed by atoms with E-state index in [2.05, 4.69) is 5.32 Å². The van der Waals surface area contributed by atoms with E-state index in [9.17, 15) is 14.3 Å². The number of halogens is 1. The number of rotatable bonds is 5. The number of aliphatic hydroxyl groups is 1. The summed E-state index contributed by atoms with van der Waals surface area (Å²) >= 11 is 0. The molecule has 0 saturated carbocycles. The Bertz CT molecular complexity index is 415. The number of carbonyl (C=O) groups is 1. The van der Waals surface area contributed by atoms with Crippen molar-refractivity contribution >= 4 is 5.91 Å². The van der Waals surface area contributed by atoms with Crippen LogP contribution in [0.4, 0.5) is 4.39 Å². The van der Waals surface area contributed by atoms with Gasteiger partial charge in [-0.15, -0.1) is 0 Å². The first-order valence-electron chi connectivity index (χ1n) is 6.42. The molecule has 0 bridgehead atoms. The fourth-order valence-corrected chi connectivity index (χ4v) is 2.15. The molecule has 1 fully saturated rings. The molecule has 104 valence electrons. The second kappa shape index (κ2) is 6.63. The molecule has 0 aliphatic carbocycles. The maximum absolute atomic E-state index is 12.8. The predicted molar refractivity (Wildman–Crippen MR) is 68.2 cm³/mol. The quantitative estimate of drug-likeness (QED) is 0.838. The van der Waals surface area contributed by atoms with Crippen molar-refractivity contribution in [2.75, 3.05) is 26.4 Å². The highest BCUT2D eigenvalue weighted by molar-refractivity contribution is 5.83. The SMILES string of the molecule is O=C(NCC1CCOC1)C(CO)c1ccc(F)cc1. The van der Waals surface area contributed by atoms with E-state index < -0.39 is 5.92 Å². The normalized spacial score (nSPS) is 20.2. The van der Waals surface area contributed by atoms with Gasteiger partial charge in [0.25, 0.3) is 0 Å². The maximum atomic E-state index is 12.8. The van der Waals surface area contributed by atoms with Crippen molar-refractivity contribution < 1.29 is 19.0 Å². The number of aliphatic hydroxyl groups excluding tert-OH is 1. The fraction of sp³-hybridized carbons (Fsp3) is 0.500. The molecule has 1 aromatic carbocycles. The van der Waals surface area contributed by atoms with Gasteiger partial charge in [-0.3, -0.25) is 4.79 Å². The molecule has 19 heavy (non-hydrogen) atoms. The molecule has 4 nitrogen and oxygen atoms in total. The van der Waals surface area contributed by atoms with Crippen LogP contribution in [0.5, 0.6) is 0 Å². The molecule has 2 N–H and O–H groups in total. The van der Waals surface area contributed by atoms with Crippen LogP contribution in [0.15, 0.2) is 24.3 Å². The Balaban J connectivity index is 1.92. The van der Waals surface area contributed by atoms with Crippen LogP contribution in [0.25, 0.3) is 0 Å². The van der Waals surface area contributed by atoms with Crippen LogP contribution < -0.4 is 5.32 Å². The molecule has 0 aromatic heterocycles. The third-order valence-corrected chi connectivity index (χ3v) is 3.36. The molecule has 1 aliphatic rings. The summed E-state index contributed by atoms with van der Waals surface area (Å²) in [5.74, 6) is -0.899. The minimum atomic E-state index is -0.650. The summed E-state index contributed by atoms with van der Waals surface area (Å²) in [5.41, 5.74) is 0.615. The van der Waals surface area contributed by atoms with Crippen LogP contribution in [0.1, 0.15) is 17.9 Å². The Morgan fingerprint density at radius 3 is 2.79 bits per heavy atom. The minimum Gasteiger partial charge on any atom is -0.395 e. The Kier molecular flexibility index (Phi) is 4.87. The summed E-state index contributed by atoms with van der Waals surface area (Å²) < 4.78 is 18.1. The first kappa shape index (κ1) is 14.0. The summed E-state index contributed by atoms with van der Waals surface area (Å²) in [6.45, 7) is 1.66. The molecule has 1 aromatic rings. The smallest absolute Gasteiger partial charge is 0.229 e. The number of benzene rings is 1. The predicted octanol–water partition coefficient (Wildman–Crippen LogP) is 1.05. The van der Waals surface area contributed by atoms with Crippen molar-refractivity contribution in [1.29, 1.82) is 0 Å². The van der Waals surface area contributed by atoms with E-state index in [1.807, 2.05) is 0 Å². The molecule has 0 radical (unpaired) electrons. The summed E-state index contributed by atoms with van der Waals surface area (Å²) in [7, 11) is 0. The third-order valence-electron chi connectivity index (χ3n) is 3.36. The average molecular weight is 267 g/mol. The molecular formula is C14H18FNO3. The van der Waals surface area contributed by atoms with E-state index in [0.29, 0.717) is 24.6 Å². The molecule has 1 amide bonds. The average Bonchev–Trinajstić information content (AvgIpc) is 2.92. The minimum absolute atomic E-state index is 0.235. The zero-order chi connectivity index (χ0) is 13.7. The zero-order valence-electron chi connectivity index (χ0n) is 10.6. The molecule has 2 unspecified atom stereocenters. The van der Waals surface area contributed by atoms with Gasteiger partial charge in [0.15, 0.2) is 0 Å². The van der Waals surface area contributed by atoms with E-state index in [1.54, 1.807) is 0 Å². The summed E-state index contributed by atoms with van der Waals surface area (Å²) in [6.07, 6.45) is 0.945. The lowest BCUT2D eigenvalue weighted by molar-refractivity contribution is -0.123. The number of amides is 1. The van der Waals surface area contributed by atoms with Gasteiger partial charge in [-0.2, -0.15) is 0 Å². The monoisotopic (exact) mass is 267 g/mol. The van der Waals surface area contributed by atoms with Crippen molar-refractivity contribution in [1.82, 2.24) is 5.32 Å². The highest BCUT2D eigenvalue weighted by Gasteiger charge is 2.22. The Morgan fingerprint density at radius 2 is 2.21 bits per heavy atom. The van der Waals surface area contributed by atoms with Gasteiger partial charge in [0.05, 0.1) is 19.1 Å². The number of carbonyl (C=O) groups excluding carboxylic acids is 1. The fourth-order valence-electron chi connectivity index (χ4n) is 2.15. The second-order valence-corrected chi connectivity index (χ2v) is 4.76. The molecule has 1 aliphatic heterocycles. The van der Waals surface area contributed by atoms with E-state index in [1.165, 1.54) is 24.3 Å². The van der Waals surface area contributed by atoms with Gasteiger partial charge >= 0.3 is 0 Å². The highest BCUT2D eigenvalue weighted by Crippen LogP contribution is 2.17. The lowest BCUT2D eigenvalue weighted by atomic mass is 9.98. The van der Waals surface area contributed by atoms with Crippen molar-refractivity contribution in [3.63, 3.8) is 0 Å². The van der Waals surface area contributed by atoms with Crippen LogP contribution in [-0.2, 0) is 9.53 Å². The van der Waals surface area contributed by atoms with Gasteiger partial charge in [-0.05, 0) is 24.1 Å². The molecule has 5 heteroatoms. The van der Waals surface area contributed by atoms with E-state index >= 15 is 0 Å². The van der Waals surface area contributed by atoms with Gasteiger partial charge < -0.3 is 15.2 Å². The van der Waals surface area contributed by atoms with Gasteiger partial charge in [-0.25, -0.2) is 4.39 Å². The maximum Gasteiger partial charge on any atom is 0.229 e. The molecule has 1 heterocycles. The van der Waals surface area contributed by atoms with Crippen LogP contribution in [0.2, 0.25) is 0 Å². The first-order valence-corrected chi connectivity index (χ1v) is 6.42. The lowest BCUT2D eigenvalue weighted by Crippen LogP contribution is -2.35. The van der Waals surface area contributed by atoms with E-state index in [4.69, 9.17) is 4.74 Å². The highest BCUT2D eigenvalue weighted by atomic mass is 19.1. The lowest BCUT2D eigenvalue weighted by Gasteiger charge is -2.16. The largest absolute Gasteiger partial charge is 0.395 e. The van der Waals surface area contributed by atoms with Crippen LogP contribution in [0, 0.1) is 11.7 Å². The van der Waals surface area contributed by atoms with Crippen LogP contribution >= 0.6 is 0 Å². The number of hydrogen-bond acceptors (Lipinski definition) is 3. The van der Waals surface area contributed by atoms with Gasteiger partial charge in [0.1, 0.15) is 5.82 Å². The van der Waals surface area contributed by atoms with Crippen molar-refractivity contribution in [2.45, 2.75) is 12.3 Å². The van der Waals surface area contributed by atoms with Gasteiger partial charge in [-0.1, -0.05) is 12.1 Å². The second-order valence-electron chi connectivity index (χ2n) is 4.76. The van der Waals surface area contributed by atoms with Crippen molar-refractivity contribution in [3.8, 4) is 0 Å². The molecular weight excluding hydrogens is 249 g/mol. The van der Waals surface area contributed by atoms with E-state index in [0.717, 1.165) is 13.0 Å². The Morgan fingerprint density at radius 1 is 1.47 bits per heavy atom. The first-order chi connectivity index (χ1) is 9.20. The zero-order valence-corrected chi connectivity index (χ0v) is 10.6. The van der Waals surface area contributed by atoms with Gasteiger partial charge in [0.2, 0.25) is 5.91 Å². The molecule has 1 saturated heterocycles. The van der Waals surface area contributed by atoms with Gasteiger partial charge in [0, 0.05) is 19.1 Å². The Labute approximate surface area is 111 Å². The molecule has 2 rings (SSSR count). The summed E-state index contributed by atoms with van der Waals surface area (Å²) in [4.78, 5) is 12.0. The topological polar surface area (TPSA) is 58.6 Å². The van der Waals surface area contributed by atoms with Crippen LogP contribution in [0.3, 0.4) is 0 Å². The molecule has 0 spiro atoms. The van der Waals surface area contributed by atoms with E-state index in [-0.39, 0.29) is 18.3 Å². The van der Waals surface area contributed by atoms with Crippen LogP contribution in [-0.4, -0.2) is 37.4 Å². The number of nitrogens with one attached hydrogen (secondary N) is 1. The standard InChI is InChI=1S/C14H18FNO3/c15-12-3-1-11(2-4-12)13(8-17)14(18)16-7-10-5-6-19-9-10/h1-4,10,13,17H,5-9H2,(H,16,18).